The van der Waals surface area contributed by atoms with Crippen molar-refractivity contribution in [1.29, 1.82) is 0 Å². The van der Waals surface area contributed by atoms with Crippen LogP contribution in [-0.4, -0.2) is 15.6 Å². The number of carbonyl (C=O) groups excluding carboxylic acids is 1. The first-order chi connectivity index (χ1) is 10.2. The molecule has 0 amide bonds. The number of rotatable bonds is 3. The summed E-state index contributed by atoms with van der Waals surface area (Å²) in [6.45, 7) is 1.93. The van der Waals surface area contributed by atoms with Crippen LogP contribution in [0.3, 0.4) is 0 Å². The highest BCUT2D eigenvalue weighted by Crippen LogP contribution is 2.22. The van der Waals surface area contributed by atoms with Gasteiger partial charge in [0.05, 0.1) is 11.9 Å². The molecule has 0 aliphatic rings. The first kappa shape index (κ1) is 13.8. The van der Waals surface area contributed by atoms with Gasteiger partial charge in [-0.25, -0.2) is 4.68 Å². The van der Waals surface area contributed by atoms with Crippen LogP contribution in [0.15, 0.2) is 65.3 Å². The van der Waals surface area contributed by atoms with Gasteiger partial charge in [-0.05, 0) is 36.8 Å². The van der Waals surface area contributed by atoms with Gasteiger partial charge in [0, 0.05) is 10.0 Å². The van der Waals surface area contributed by atoms with Crippen molar-refractivity contribution in [3.05, 3.63) is 82.1 Å². The second kappa shape index (κ2) is 5.66. The summed E-state index contributed by atoms with van der Waals surface area (Å²) in [5, 5.41) is 4.27. The van der Waals surface area contributed by atoms with E-state index in [9.17, 15) is 4.79 Å². The molecule has 0 atom stereocenters. The minimum absolute atomic E-state index is 0.0323. The summed E-state index contributed by atoms with van der Waals surface area (Å²) in [6, 6.07) is 17.0. The summed E-state index contributed by atoms with van der Waals surface area (Å²) in [4.78, 5) is 12.8. The zero-order chi connectivity index (χ0) is 14.8. The highest BCUT2D eigenvalue weighted by atomic mass is 79.9. The average molecular weight is 341 g/mol. The van der Waals surface area contributed by atoms with Crippen molar-refractivity contribution in [2.24, 2.45) is 0 Å². The number of halogens is 1. The molecule has 1 heterocycles. The summed E-state index contributed by atoms with van der Waals surface area (Å²) in [5.74, 6) is -0.0323. The number of benzene rings is 2. The fraction of sp³-hybridized carbons (Fsp3) is 0.0588. The first-order valence-electron chi connectivity index (χ1n) is 6.58. The molecule has 0 aliphatic carbocycles. The van der Waals surface area contributed by atoms with Crippen LogP contribution in [0.1, 0.15) is 21.6 Å². The Bertz CT molecular complexity index is 794. The molecule has 0 fully saturated rings. The number of nitrogens with zero attached hydrogens (tertiary/aromatic N) is 2. The molecule has 3 rings (SSSR count). The van der Waals surface area contributed by atoms with Crippen LogP contribution in [0.5, 0.6) is 0 Å². The largest absolute Gasteiger partial charge is 0.287 e. The minimum Gasteiger partial charge on any atom is -0.287 e. The van der Waals surface area contributed by atoms with E-state index in [2.05, 4.69) is 21.0 Å². The van der Waals surface area contributed by atoms with Crippen molar-refractivity contribution in [3.63, 3.8) is 0 Å². The van der Waals surface area contributed by atoms with Gasteiger partial charge in [-0.2, -0.15) is 5.10 Å². The van der Waals surface area contributed by atoms with Crippen molar-refractivity contribution < 1.29 is 4.79 Å². The lowest BCUT2D eigenvalue weighted by molar-refractivity contribution is 0.103. The maximum absolute atomic E-state index is 12.8. The molecule has 104 valence electrons. The molecule has 3 aromatic rings. The van der Waals surface area contributed by atoms with Crippen molar-refractivity contribution in [3.8, 4) is 5.69 Å². The predicted molar refractivity (Wildman–Crippen MR) is 85.9 cm³/mol. The molecule has 21 heavy (non-hydrogen) atoms. The fourth-order valence-electron chi connectivity index (χ4n) is 2.24. The third-order valence-electron chi connectivity index (χ3n) is 3.39. The monoisotopic (exact) mass is 340 g/mol. The normalized spacial score (nSPS) is 10.6. The topological polar surface area (TPSA) is 34.9 Å². The molecule has 1 aromatic heterocycles. The minimum atomic E-state index is -0.0323. The third-order valence-corrected chi connectivity index (χ3v) is 4.25. The lowest BCUT2D eigenvalue weighted by Crippen LogP contribution is -2.11. The lowest BCUT2D eigenvalue weighted by atomic mass is 10.0. The molecule has 0 bridgehead atoms. The summed E-state index contributed by atoms with van der Waals surface area (Å²) in [7, 11) is 0. The number of para-hydroxylation sites is 1. The van der Waals surface area contributed by atoms with Crippen LogP contribution in [-0.2, 0) is 0 Å². The van der Waals surface area contributed by atoms with Crippen LogP contribution < -0.4 is 0 Å². The molecule has 0 spiro atoms. The number of aromatic nitrogens is 2. The second-order valence-corrected chi connectivity index (χ2v) is 5.56. The molecule has 0 saturated heterocycles. The quantitative estimate of drug-likeness (QED) is 0.670. The van der Waals surface area contributed by atoms with E-state index in [1.165, 1.54) is 0 Å². The molecular weight excluding hydrogens is 328 g/mol. The number of hydrogen-bond donors (Lipinski definition) is 0. The van der Waals surface area contributed by atoms with Crippen LogP contribution >= 0.6 is 15.9 Å². The van der Waals surface area contributed by atoms with E-state index in [1.807, 2.05) is 55.5 Å². The predicted octanol–water partition coefficient (Wildman–Crippen LogP) is 4.17. The van der Waals surface area contributed by atoms with Crippen LogP contribution in [0.25, 0.3) is 5.69 Å². The Kier molecular flexibility index (Phi) is 3.71. The van der Waals surface area contributed by atoms with Crippen molar-refractivity contribution >= 4 is 21.7 Å². The Labute approximate surface area is 131 Å². The maximum atomic E-state index is 12.8. The van der Waals surface area contributed by atoms with Crippen LogP contribution in [0, 0.1) is 6.92 Å². The van der Waals surface area contributed by atoms with E-state index in [0.29, 0.717) is 11.3 Å². The van der Waals surface area contributed by atoms with Crippen LogP contribution in [0.4, 0.5) is 0 Å². The van der Waals surface area contributed by atoms with E-state index in [1.54, 1.807) is 16.9 Å². The van der Waals surface area contributed by atoms with Crippen LogP contribution in [0.2, 0.25) is 0 Å². The maximum Gasteiger partial charge on any atom is 0.211 e. The van der Waals surface area contributed by atoms with E-state index < -0.39 is 0 Å². The SMILES string of the molecule is Cc1c(Br)cccc1C(=O)c1ccnn1-c1ccccc1. The lowest BCUT2D eigenvalue weighted by Gasteiger charge is -2.09. The summed E-state index contributed by atoms with van der Waals surface area (Å²) < 4.78 is 2.60. The Morgan fingerprint density at radius 3 is 2.57 bits per heavy atom. The highest BCUT2D eigenvalue weighted by Gasteiger charge is 2.17. The summed E-state index contributed by atoms with van der Waals surface area (Å²) >= 11 is 3.47. The summed E-state index contributed by atoms with van der Waals surface area (Å²) in [6.07, 6.45) is 1.65. The molecule has 0 radical (unpaired) electrons. The van der Waals surface area contributed by atoms with Gasteiger partial charge < -0.3 is 0 Å². The van der Waals surface area contributed by atoms with Gasteiger partial charge in [-0.1, -0.05) is 46.3 Å². The third kappa shape index (κ3) is 2.54. The number of ketones is 1. The summed E-state index contributed by atoms with van der Waals surface area (Å²) in [5.41, 5.74) is 3.05. The molecule has 0 aliphatic heterocycles. The van der Waals surface area contributed by atoms with E-state index in [-0.39, 0.29) is 5.78 Å². The molecule has 3 nitrogen and oxygen atoms in total. The molecule has 0 unspecified atom stereocenters. The van der Waals surface area contributed by atoms with Gasteiger partial charge in [0.1, 0.15) is 5.69 Å². The smallest absolute Gasteiger partial charge is 0.211 e. The second-order valence-electron chi connectivity index (χ2n) is 4.71. The average Bonchev–Trinajstić information content (AvgIpc) is 3.00. The van der Waals surface area contributed by atoms with Gasteiger partial charge in [0.2, 0.25) is 5.78 Å². The van der Waals surface area contributed by atoms with E-state index >= 15 is 0 Å². The van der Waals surface area contributed by atoms with Crippen molar-refractivity contribution in [1.82, 2.24) is 9.78 Å². The Hall–Kier alpha value is -2.20. The van der Waals surface area contributed by atoms with Gasteiger partial charge in [-0.15, -0.1) is 0 Å². The van der Waals surface area contributed by atoms with Gasteiger partial charge >= 0.3 is 0 Å². The van der Waals surface area contributed by atoms with Gasteiger partial charge in [0.15, 0.2) is 0 Å². The van der Waals surface area contributed by atoms with Crippen molar-refractivity contribution in [2.75, 3.05) is 0 Å². The van der Waals surface area contributed by atoms with Crippen molar-refractivity contribution in [2.45, 2.75) is 6.92 Å². The van der Waals surface area contributed by atoms with E-state index in [4.69, 9.17) is 0 Å². The molecule has 2 aromatic carbocycles. The zero-order valence-corrected chi connectivity index (χ0v) is 13.0. The molecular formula is C17H13BrN2O. The van der Waals surface area contributed by atoms with Gasteiger partial charge in [0.25, 0.3) is 0 Å². The van der Waals surface area contributed by atoms with E-state index in [0.717, 1.165) is 15.7 Å². The Morgan fingerprint density at radius 1 is 1.05 bits per heavy atom. The zero-order valence-electron chi connectivity index (χ0n) is 11.5. The molecule has 4 heteroatoms. The number of carbonyl (C=O) groups is 1. The highest BCUT2D eigenvalue weighted by molar-refractivity contribution is 9.10. The standard InChI is InChI=1S/C17H13BrN2O/c1-12-14(8-5-9-15(12)18)17(21)16-10-11-19-20(16)13-6-3-2-4-7-13/h2-11H,1H3. The van der Waals surface area contributed by atoms with Gasteiger partial charge in [-0.3, -0.25) is 4.79 Å². The Balaban J connectivity index is 2.08. The molecule has 0 saturated carbocycles. The first-order valence-corrected chi connectivity index (χ1v) is 7.37. The molecule has 0 N–H and O–H groups in total. The Morgan fingerprint density at radius 2 is 1.81 bits per heavy atom. The number of hydrogen-bond acceptors (Lipinski definition) is 2. The fourth-order valence-corrected chi connectivity index (χ4v) is 2.61.